The number of nitrogens with two attached hydrogens (primary N) is 1. The molecule has 3 aliphatic heterocycles. The van der Waals surface area contributed by atoms with E-state index in [2.05, 4.69) is 4.99 Å². The number of benzodiazepines with no additional fused rings is 1. The molecule has 8 nitrogen and oxygen atoms in total. The van der Waals surface area contributed by atoms with Gasteiger partial charge in [-0.15, -0.1) is 0 Å². The van der Waals surface area contributed by atoms with Gasteiger partial charge in [0.15, 0.2) is 6.17 Å². The first-order valence-corrected chi connectivity index (χ1v) is 12.9. The number of carboxylic acid groups (broad SMARTS) is 1. The van der Waals surface area contributed by atoms with Gasteiger partial charge in [-0.1, -0.05) is 30.3 Å². The number of rotatable bonds is 3. The number of carbonyl (C=O) groups excluding carboxylic acids is 2. The van der Waals surface area contributed by atoms with Crippen molar-refractivity contribution >= 4 is 29.2 Å². The van der Waals surface area contributed by atoms with Crippen LogP contribution in [0.5, 0.6) is 0 Å². The molecule has 1 saturated carbocycles. The van der Waals surface area contributed by atoms with Crippen LogP contribution in [-0.2, 0) is 14.4 Å². The number of para-hydroxylation sites is 1. The highest BCUT2D eigenvalue weighted by atomic mass is 19.4. The third-order valence-corrected chi connectivity index (χ3v) is 7.49. The highest BCUT2D eigenvalue weighted by Crippen LogP contribution is 2.35. The van der Waals surface area contributed by atoms with Gasteiger partial charge in [0, 0.05) is 24.2 Å². The van der Waals surface area contributed by atoms with E-state index in [1.165, 1.54) is 36.6 Å². The fourth-order valence-corrected chi connectivity index (χ4v) is 5.50. The zero-order valence-electron chi connectivity index (χ0n) is 21.8. The number of fused-ring (bicyclic) bond motifs is 5. The monoisotopic (exact) mass is 562 g/mol. The quantitative estimate of drug-likeness (QED) is 0.551. The minimum Gasteiger partial charge on any atom is -0.475 e. The van der Waals surface area contributed by atoms with E-state index in [-0.39, 0.29) is 18.0 Å². The molecule has 3 fully saturated rings. The first-order valence-electron chi connectivity index (χ1n) is 12.9. The maximum absolute atomic E-state index is 14.7. The summed E-state index contributed by atoms with van der Waals surface area (Å²) in [5, 5.41) is 7.12. The summed E-state index contributed by atoms with van der Waals surface area (Å²) in [4.78, 5) is 43.5. The molecular formula is C28H30F4N4O4. The molecule has 2 aromatic carbocycles. The summed E-state index contributed by atoms with van der Waals surface area (Å²) >= 11 is 0. The van der Waals surface area contributed by atoms with Crippen molar-refractivity contribution in [2.45, 2.75) is 44.9 Å². The molecular weight excluding hydrogens is 532 g/mol. The second-order valence-corrected chi connectivity index (χ2v) is 10.3. The number of anilines is 1. The van der Waals surface area contributed by atoms with Crippen LogP contribution in [-0.4, -0.2) is 65.5 Å². The van der Waals surface area contributed by atoms with Gasteiger partial charge < -0.3 is 15.7 Å². The van der Waals surface area contributed by atoms with Crippen LogP contribution in [0.3, 0.4) is 0 Å². The summed E-state index contributed by atoms with van der Waals surface area (Å²) in [6, 6.07) is 11.9. The van der Waals surface area contributed by atoms with E-state index >= 15 is 0 Å². The smallest absolute Gasteiger partial charge is 0.475 e. The van der Waals surface area contributed by atoms with Crippen molar-refractivity contribution in [3.8, 4) is 0 Å². The summed E-state index contributed by atoms with van der Waals surface area (Å²) in [5.41, 5.74) is 8.78. The van der Waals surface area contributed by atoms with E-state index in [9.17, 15) is 27.2 Å². The Morgan fingerprint density at radius 1 is 1.00 bits per heavy atom. The number of aliphatic imine (C=N–C) groups is 1. The summed E-state index contributed by atoms with van der Waals surface area (Å²) < 4.78 is 46.4. The summed E-state index contributed by atoms with van der Waals surface area (Å²) in [5.74, 6) is -2.64. The van der Waals surface area contributed by atoms with Crippen molar-refractivity contribution in [2.24, 2.45) is 22.6 Å². The Kier molecular flexibility index (Phi) is 8.57. The fraction of sp³-hybridized carbons (Fsp3) is 0.429. The highest BCUT2D eigenvalue weighted by molar-refractivity contribution is 6.21. The van der Waals surface area contributed by atoms with Gasteiger partial charge in [0.1, 0.15) is 12.4 Å². The fourth-order valence-electron chi connectivity index (χ4n) is 5.50. The standard InChI is InChI=1S/C26H29FN4O2.C2HF3O2/c1-16-5-4-7-20-23(19-6-2-3-8-21(19)27)29-25(28)26(33)31(24(16)20)15-22(32)30-13-17-9-10-18(14-30)12-11-17;3-2(4,5)1(6)7/h2-8,17-18,25H,9-15,28H2,1H3;(H,6,7)/t17?,18?,25-;/m0./s1. The Morgan fingerprint density at radius 2 is 1.55 bits per heavy atom. The average molecular weight is 563 g/mol. The molecule has 3 heterocycles. The molecule has 1 aliphatic carbocycles. The van der Waals surface area contributed by atoms with Crippen molar-refractivity contribution in [1.29, 1.82) is 0 Å². The molecule has 2 amide bonds. The van der Waals surface area contributed by atoms with E-state index in [1.54, 1.807) is 18.2 Å². The molecule has 214 valence electrons. The predicted octanol–water partition coefficient (Wildman–Crippen LogP) is 3.88. The Bertz CT molecular complexity index is 1310. The van der Waals surface area contributed by atoms with E-state index < -0.39 is 30.0 Å². The molecule has 3 N–H and O–H groups in total. The number of alkyl halides is 3. The van der Waals surface area contributed by atoms with Gasteiger partial charge in [0.25, 0.3) is 5.91 Å². The normalized spacial score (nSPS) is 22.4. The molecule has 40 heavy (non-hydrogen) atoms. The summed E-state index contributed by atoms with van der Waals surface area (Å²) in [6.07, 6.45) is -1.62. The first kappa shape index (κ1) is 29.2. The number of carboxylic acids is 1. The number of amides is 2. The molecule has 0 aromatic heterocycles. The molecule has 1 atom stereocenters. The largest absolute Gasteiger partial charge is 0.490 e. The lowest BCUT2D eigenvalue weighted by Gasteiger charge is -2.29. The van der Waals surface area contributed by atoms with Gasteiger partial charge >= 0.3 is 12.1 Å². The summed E-state index contributed by atoms with van der Waals surface area (Å²) in [6.45, 7) is 3.29. The predicted molar refractivity (Wildman–Crippen MR) is 139 cm³/mol. The third kappa shape index (κ3) is 6.33. The molecule has 0 spiro atoms. The summed E-state index contributed by atoms with van der Waals surface area (Å²) in [7, 11) is 0. The van der Waals surface area contributed by atoms with Crippen LogP contribution in [0.2, 0.25) is 0 Å². The molecule has 4 aliphatic rings. The van der Waals surface area contributed by atoms with E-state index in [0.29, 0.717) is 28.8 Å². The highest BCUT2D eigenvalue weighted by Gasteiger charge is 2.38. The zero-order valence-corrected chi connectivity index (χ0v) is 21.8. The zero-order chi connectivity index (χ0) is 29.2. The molecule has 12 heteroatoms. The van der Waals surface area contributed by atoms with Crippen LogP contribution in [0, 0.1) is 24.6 Å². The van der Waals surface area contributed by atoms with Gasteiger partial charge in [-0.2, -0.15) is 13.2 Å². The Hall–Kier alpha value is -3.80. The van der Waals surface area contributed by atoms with Gasteiger partial charge in [0.2, 0.25) is 5.91 Å². The van der Waals surface area contributed by atoms with Crippen molar-refractivity contribution < 1.29 is 37.1 Å². The number of nitrogens with zero attached hydrogens (tertiary/aromatic N) is 3. The molecule has 6 rings (SSSR count). The van der Waals surface area contributed by atoms with Gasteiger partial charge in [-0.05, 0) is 62.1 Å². The van der Waals surface area contributed by atoms with Crippen LogP contribution >= 0.6 is 0 Å². The van der Waals surface area contributed by atoms with Crippen LogP contribution < -0.4 is 10.6 Å². The van der Waals surface area contributed by atoms with Crippen LogP contribution in [0.4, 0.5) is 23.2 Å². The van der Waals surface area contributed by atoms with Crippen molar-refractivity contribution in [1.82, 2.24) is 4.90 Å². The number of aryl methyl sites for hydroxylation is 1. The molecule has 0 radical (unpaired) electrons. The van der Waals surface area contributed by atoms with Crippen LogP contribution in [0.1, 0.15) is 42.4 Å². The average Bonchev–Trinajstić information content (AvgIpc) is 3.28. The topological polar surface area (TPSA) is 116 Å². The minimum absolute atomic E-state index is 0.0714. The number of aliphatic carboxylic acids is 1. The number of carbonyl (C=O) groups is 3. The number of halogens is 4. The molecule has 2 saturated heterocycles. The molecule has 2 bridgehead atoms. The number of benzene rings is 2. The Morgan fingerprint density at radius 3 is 2.10 bits per heavy atom. The van der Waals surface area contributed by atoms with E-state index in [1.807, 2.05) is 30.0 Å². The van der Waals surface area contributed by atoms with E-state index in [4.69, 9.17) is 15.6 Å². The van der Waals surface area contributed by atoms with Crippen molar-refractivity contribution in [3.05, 3.63) is 65.0 Å². The van der Waals surface area contributed by atoms with Gasteiger partial charge in [-0.3, -0.25) is 19.5 Å². The lowest BCUT2D eigenvalue weighted by Crippen LogP contribution is -2.49. The first-order chi connectivity index (χ1) is 18.9. The minimum atomic E-state index is -5.08. The van der Waals surface area contributed by atoms with Crippen LogP contribution in [0.15, 0.2) is 47.5 Å². The Labute approximate surface area is 228 Å². The van der Waals surface area contributed by atoms with Gasteiger partial charge in [0.05, 0.1) is 11.4 Å². The lowest BCUT2D eigenvalue weighted by molar-refractivity contribution is -0.192. The van der Waals surface area contributed by atoms with Crippen molar-refractivity contribution in [3.63, 3.8) is 0 Å². The molecule has 2 aromatic rings. The second kappa shape index (κ2) is 11.7. The van der Waals surface area contributed by atoms with E-state index in [0.717, 1.165) is 18.7 Å². The maximum Gasteiger partial charge on any atom is 0.490 e. The maximum atomic E-state index is 14.7. The SMILES string of the molecule is Cc1cccc2c1N(CC(=O)N1CC3CCC(CC3)C1)C(=O)[C@@H](N)N=C2c1ccccc1F.O=C(O)C(F)(F)F. The van der Waals surface area contributed by atoms with Crippen LogP contribution in [0.25, 0.3) is 0 Å². The van der Waals surface area contributed by atoms with Crippen molar-refractivity contribution in [2.75, 3.05) is 24.5 Å². The number of hydrogen-bond donors (Lipinski definition) is 2. The Balaban J connectivity index is 0.000000470. The molecule has 0 unspecified atom stereocenters. The second-order valence-electron chi connectivity index (χ2n) is 10.3. The third-order valence-electron chi connectivity index (χ3n) is 7.49. The lowest BCUT2D eigenvalue weighted by atomic mass is 9.84. The number of hydrogen-bond acceptors (Lipinski definition) is 5. The van der Waals surface area contributed by atoms with Gasteiger partial charge in [-0.25, -0.2) is 9.18 Å².